The number of nitrogens with one attached hydrogen (secondary N) is 2. The van der Waals surface area contributed by atoms with Gasteiger partial charge in [0.1, 0.15) is 0 Å². The average Bonchev–Trinajstić information content (AvgIpc) is 2.47. The van der Waals surface area contributed by atoms with Gasteiger partial charge in [-0.3, -0.25) is 0 Å². The third kappa shape index (κ3) is 3.97. The molecule has 1 saturated carbocycles. The molecule has 2 atom stereocenters. The molecule has 0 aromatic heterocycles. The van der Waals surface area contributed by atoms with Crippen molar-refractivity contribution < 1.29 is 9.90 Å². The van der Waals surface area contributed by atoms with Crippen molar-refractivity contribution in [3.05, 3.63) is 29.8 Å². The summed E-state index contributed by atoms with van der Waals surface area (Å²) in [7, 11) is 0. The first kappa shape index (κ1) is 14.4. The van der Waals surface area contributed by atoms with E-state index in [0.717, 1.165) is 25.7 Å². The van der Waals surface area contributed by atoms with Crippen LogP contribution in [0.2, 0.25) is 0 Å². The lowest BCUT2D eigenvalue weighted by Crippen LogP contribution is -2.38. The van der Waals surface area contributed by atoms with Crippen LogP contribution in [0, 0.1) is 17.2 Å². The number of nitriles is 1. The molecule has 2 rings (SSSR count). The molecule has 5 nitrogen and oxygen atoms in total. The van der Waals surface area contributed by atoms with Gasteiger partial charge in [0.15, 0.2) is 0 Å². The van der Waals surface area contributed by atoms with Gasteiger partial charge in [-0.15, -0.1) is 0 Å². The van der Waals surface area contributed by atoms with Crippen LogP contribution in [0.1, 0.15) is 31.2 Å². The van der Waals surface area contributed by atoms with E-state index in [-0.39, 0.29) is 18.1 Å². The van der Waals surface area contributed by atoms with E-state index in [2.05, 4.69) is 10.6 Å². The van der Waals surface area contributed by atoms with Gasteiger partial charge in [0.05, 0.1) is 17.7 Å². The molecule has 0 saturated heterocycles. The first-order valence-corrected chi connectivity index (χ1v) is 6.92. The molecule has 1 aliphatic carbocycles. The van der Waals surface area contributed by atoms with E-state index in [1.54, 1.807) is 24.3 Å². The molecule has 1 aliphatic rings. The number of hydrogen-bond donors (Lipinski definition) is 3. The van der Waals surface area contributed by atoms with Crippen molar-refractivity contribution in [1.82, 2.24) is 5.32 Å². The van der Waals surface area contributed by atoms with Crippen LogP contribution in [0.3, 0.4) is 0 Å². The van der Waals surface area contributed by atoms with Crippen molar-refractivity contribution in [2.75, 3.05) is 11.9 Å². The van der Waals surface area contributed by atoms with Gasteiger partial charge in [0.25, 0.3) is 0 Å². The molecule has 1 fully saturated rings. The molecule has 1 aromatic carbocycles. The summed E-state index contributed by atoms with van der Waals surface area (Å²) in [6.45, 7) is 0.489. The number of nitrogens with zero attached hydrogens (tertiary/aromatic N) is 1. The summed E-state index contributed by atoms with van der Waals surface area (Å²) in [5.74, 6) is 0.149. The topological polar surface area (TPSA) is 85.2 Å². The number of aliphatic hydroxyl groups is 1. The summed E-state index contributed by atoms with van der Waals surface area (Å²) in [6.07, 6.45) is 3.65. The Morgan fingerprint density at radius 3 is 2.65 bits per heavy atom. The van der Waals surface area contributed by atoms with E-state index in [1.807, 2.05) is 6.07 Å². The Bertz CT molecular complexity index is 493. The fourth-order valence-corrected chi connectivity index (χ4v) is 2.45. The number of benzene rings is 1. The van der Waals surface area contributed by atoms with Crippen LogP contribution < -0.4 is 10.6 Å². The highest BCUT2D eigenvalue weighted by atomic mass is 16.3. The third-order valence-electron chi connectivity index (χ3n) is 3.67. The standard InChI is InChI=1S/C15H19N3O2/c16-9-11-5-7-13(8-6-11)18-15(20)17-10-12-3-1-2-4-14(12)19/h5-8,12,14,19H,1-4,10H2,(H2,17,18,20). The molecule has 106 valence electrons. The van der Waals surface area contributed by atoms with Crippen molar-refractivity contribution in [3.8, 4) is 6.07 Å². The number of urea groups is 1. The number of aliphatic hydroxyl groups excluding tert-OH is 1. The van der Waals surface area contributed by atoms with E-state index in [9.17, 15) is 9.90 Å². The summed E-state index contributed by atoms with van der Waals surface area (Å²) in [6, 6.07) is 8.42. The van der Waals surface area contributed by atoms with E-state index in [4.69, 9.17) is 5.26 Å². The molecule has 5 heteroatoms. The predicted molar refractivity (Wildman–Crippen MR) is 76.1 cm³/mol. The first-order valence-electron chi connectivity index (χ1n) is 6.92. The highest BCUT2D eigenvalue weighted by molar-refractivity contribution is 5.89. The van der Waals surface area contributed by atoms with Crippen LogP contribution in [0.25, 0.3) is 0 Å². The number of amides is 2. The zero-order valence-electron chi connectivity index (χ0n) is 11.3. The molecule has 1 aromatic rings. The highest BCUT2D eigenvalue weighted by Gasteiger charge is 2.23. The Morgan fingerprint density at radius 2 is 2.00 bits per heavy atom. The molecule has 0 heterocycles. The number of carbonyl (C=O) groups is 1. The Hall–Kier alpha value is -2.06. The van der Waals surface area contributed by atoms with Crippen LogP contribution >= 0.6 is 0 Å². The Labute approximate surface area is 118 Å². The molecule has 0 aliphatic heterocycles. The molecule has 2 unspecified atom stereocenters. The molecule has 0 radical (unpaired) electrons. The molecule has 0 bridgehead atoms. The lowest BCUT2D eigenvalue weighted by molar-refractivity contribution is 0.0712. The van der Waals surface area contributed by atoms with Crippen molar-refractivity contribution in [1.29, 1.82) is 5.26 Å². The zero-order chi connectivity index (χ0) is 14.4. The monoisotopic (exact) mass is 273 g/mol. The SMILES string of the molecule is N#Cc1ccc(NC(=O)NCC2CCCCC2O)cc1. The lowest BCUT2D eigenvalue weighted by Gasteiger charge is -2.27. The maximum absolute atomic E-state index is 11.7. The van der Waals surface area contributed by atoms with Crippen molar-refractivity contribution >= 4 is 11.7 Å². The minimum Gasteiger partial charge on any atom is -0.393 e. The number of carbonyl (C=O) groups excluding carboxylic acids is 1. The largest absolute Gasteiger partial charge is 0.393 e. The van der Waals surface area contributed by atoms with Crippen molar-refractivity contribution in [2.45, 2.75) is 31.8 Å². The van der Waals surface area contributed by atoms with Crippen molar-refractivity contribution in [3.63, 3.8) is 0 Å². The van der Waals surface area contributed by atoms with Gasteiger partial charge in [-0.05, 0) is 37.1 Å². The summed E-state index contributed by atoms with van der Waals surface area (Å²) in [4.78, 5) is 11.7. The minimum atomic E-state index is -0.307. The van der Waals surface area contributed by atoms with E-state index in [0.29, 0.717) is 17.8 Å². The average molecular weight is 273 g/mol. The lowest BCUT2D eigenvalue weighted by atomic mass is 9.86. The molecule has 2 amide bonds. The van der Waals surface area contributed by atoms with Gasteiger partial charge in [0.2, 0.25) is 0 Å². The third-order valence-corrected chi connectivity index (χ3v) is 3.67. The minimum absolute atomic E-state index is 0.149. The first-order chi connectivity index (χ1) is 9.69. The summed E-state index contributed by atoms with van der Waals surface area (Å²) in [5, 5.41) is 24.0. The van der Waals surface area contributed by atoms with Crippen LogP contribution in [0.15, 0.2) is 24.3 Å². The number of rotatable bonds is 3. The second-order valence-corrected chi connectivity index (χ2v) is 5.14. The van der Waals surface area contributed by atoms with E-state index < -0.39 is 0 Å². The van der Waals surface area contributed by atoms with Crippen LogP contribution in [-0.2, 0) is 0 Å². The molecule has 3 N–H and O–H groups in total. The quantitative estimate of drug-likeness (QED) is 0.789. The van der Waals surface area contributed by atoms with E-state index in [1.165, 1.54) is 0 Å². The molecule has 0 spiro atoms. The number of hydrogen-bond acceptors (Lipinski definition) is 3. The van der Waals surface area contributed by atoms with Gasteiger partial charge in [-0.25, -0.2) is 4.79 Å². The predicted octanol–water partition coefficient (Wildman–Crippen LogP) is 2.23. The molecule has 20 heavy (non-hydrogen) atoms. The highest BCUT2D eigenvalue weighted by Crippen LogP contribution is 2.23. The summed E-state index contributed by atoms with van der Waals surface area (Å²) >= 11 is 0. The molecular formula is C15H19N3O2. The van der Waals surface area contributed by atoms with Gasteiger partial charge in [-0.2, -0.15) is 5.26 Å². The Balaban J connectivity index is 1.78. The fourth-order valence-electron chi connectivity index (χ4n) is 2.45. The fraction of sp³-hybridized carbons (Fsp3) is 0.467. The van der Waals surface area contributed by atoms with Crippen LogP contribution in [0.4, 0.5) is 10.5 Å². The smallest absolute Gasteiger partial charge is 0.319 e. The zero-order valence-corrected chi connectivity index (χ0v) is 11.3. The maximum Gasteiger partial charge on any atom is 0.319 e. The van der Waals surface area contributed by atoms with Crippen LogP contribution in [0.5, 0.6) is 0 Å². The van der Waals surface area contributed by atoms with Gasteiger partial charge in [0, 0.05) is 18.2 Å². The van der Waals surface area contributed by atoms with Gasteiger partial charge >= 0.3 is 6.03 Å². The second-order valence-electron chi connectivity index (χ2n) is 5.14. The Morgan fingerprint density at radius 1 is 1.30 bits per heavy atom. The summed E-state index contributed by atoms with van der Waals surface area (Å²) < 4.78 is 0. The van der Waals surface area contributed by atoms with E-state index >= 15 is 0 Å². The Kier molecular flexibility index (Phi) is 4.97. The normalized spacial score (nSPS) is 21.8. The van der Waals surface area contributed by atoms with Gasteiger partial charge < -0.3 is 15.7 Å². The van der Waals surface area contributed by atoms with Crippen LogP contribution in [-0.4, -0.2) is 23.8 Å². The van der Waals surface area contributed by atoms with Gasteiger partial charge in [-0.1, -0.05) is 12.8 Å². The summed E-state index contributed by atoms with van der Waals surface area (Å²) in [5.41, 5.74) is 1.20. The maximum atomic E-state index is 11.7. The number of anilines is 1. The second kappa shape index (κ2) is 6.92. The van der Waals surface area contributed by atoms with Crippen molar-refractivity contribution in [2.24, 2.45) is 5.92 Å². The molecular weight excluding hydrogens is 254 g/mol.